The van der Waals surface area contributed by atoms with Gasteiger partial charge >= 0.3 is 0 Å². The zero-order valence-electron chi connectivity index (χ0n) is 8.20. The van der Waals surface area contributed by atoms with Gasteiger partial charge in [0.1, 0.15) is 5.69 Å². The standard InChI is InChI=1S/C9H9ClN2O3/c1-5-3-7(10)4-8(12(14)15)9(5)11-6(2)13/h3-4H,1-2H3,(H,11,13). The summed E-state index contributed by atoms with van der Waals surface area (Å²) < 4.78 is 0. The summed E-state index contributed by atoms with van der Waals surface area (Å²) in [5, 5.41) is 13.4. The lowest BCUT2D eigenvalue weighted by molar-refractivity contribution is -0.384. The molecule has 0 bridgehead atoms. The summed E-state index contributed by atoms with van der Waals surface area (Å²) in [6, 6.07) is 2.76. The van der Waals surface area contributed by atoms with Crippen LogP contribution in [0.25, 0.3) is 0 Å². The average molecular weight is 229 g/mol. The van der Waals surface area contributed by atoms with Crippen molar-refractivity contribution >= 4 is 28.9 Å². The van der Waals surface area contributed by atoms with Crippen molar-refractivity contribution in [3.8, 4) is 0 Å². The van der Waals surface area contributed by atoms with Crippen LogP contribution < -0.4 is 5.32 Å². The maximum Gasteiger partial charge on any atom is 0.294 e. The molecule has 1 aromatic carbocycles. The first-order chi connectivity index (χ1) is 6.91. The molecule has 15 heavy (non-hydrogen) atoms. The molecule has 80 valence electrons. The molecule has 1 aromatic rings. The summed E-state index contributed by atoms with van der Waals surface area (Å²) in [6.45, 7) is 2.93. The van der Waals surface area contributed by atoms with Crippen LogP contribution in [0.1, 0.15) is 12.5 Å². The maximum absolute atomic E-state index is 10.9. The van der Waals surface area contributed by atoms with Gasteiger partial charge in [-0.15, -0.1) is 0 Å². The molecule has 0 aromatic heterocycles. The molecule has 0 atom stereocenters. The number of hydrogen-bond donors (Lipinski definition) is 1. The minimum Gasteiger partial charge on any atom is -0.320 e. The molecule has 0 unspecified atom stereocenters. The van der Waals surface area contributed by atoms with Gasteiger partial charge in [0, 0.05) is 18.0 Å². The number of nitro benzene ring substituents is 1. The first-order valence-corrected chi connectivity index (χ1v) is 4.51. The molecule has 5 nitrogen and oxygen atoms in total. The molecule has 1 N–H and O–H groups in total. The number of amides is 1. The summed E-state index contributed by atoms with van der Waals surface area (Å²) in [5.74, 6) is -0.358. The molecular weight excluding hydrogens is 220 g/mol. The van der Waals surface area contributed by atoms with Crippen molar-refractivity contribution in [2.45, 2.75) is 13.8 Å². The predicted octanol–water partition coefficient (Wildman–Crippen LogP) is 2.52. The Kier molecular flexibility index (Phi) is 3.26. The Labute approximate surface area is 91.2 Å². The molecule has 0 aliphatic carbocycles. The first-order valence-electron chi connectivity index (χ1n) is 4.14. The van der Waals surface area contributed by atoms with Crippen molar-refractivity contribution < 1.29 is 9.72 Å². The lowest BCUT2D eigenvalue weighted by Gasteiger charge is -2.07. The largest absolute Gasteiger partial charge is 0.320 e. The van der Waals surface area contributed by atoms with Crippen LogP contribution in [-0.4, -0.2) is 10.8 Å². The second-order valence-electron chi connectivity index (χ2n) is 3.06. The number of rotatable bonds is 2. The monoisotopic (exact) mass is 228 g/mol. The first kappa shape index (κ1) is 11.5. The van der Waals surface area contributed by atoms with Gasteiger partial charge in [0.15, 0.2) is 0 Å². The molecule has 6 heteroatoms. The SMILES string of the molecule is CC(=O)Nc1c(C)cc(Cl)cc1[N+](=O)[O-]. The van der Waals surface area contributed by atoms with E-state index in [0.29, 0.717) is 5.56 Å². The highest BCUT2D eigenvalue weighted by atomic mass is 35.5. The van der Waals surface area contributed by atoms with E-state index in [1.54, 1.807) is 13.0 Å². The zero-order valence-corrected chi connectivity index (χ0v) is 8.96. The van der Waals surface area contributed by atoms with Gasteiger partial charge in [-0.1, -0.05) is 11.6 Å². The smallest absolute Gasteiger partial charge is 0.294 e. The van der Waals surface area contributed by atoms with E-state index in [1.807, 2.05) is 0 Å². The summed E-state index contributed by atoms with van der Waals surface area (Å²) >= 11 is 5.69. The van der Waals surface area contributed by atoms with Gasteiger partial charge in [0.05, 0.1) is 4.92 Å². The van der Waals surface area contributed by atoms with E-state index in [2.05, 4.69) is 5.32 Å². The fraction of sp³-hybridized carbons (Fsp3) is 0.222. The van der Waals surface area contributed by atoms with Gasteiger partial charge in [0.2, 0.25) is 5.91 Å². The van der Waals surface area contributed by atoms with Gasteiger partial charge in [-0.05, 0) is 18.6 Å². The van der Waals surface area contributed by atoms with Gasteiger partial charge in [0.25, 0.3) is 5.69 Å². The molecule has 0 heterocycles. The number of carbonyl (C=O) groups is 1. The molecule has 0 aliphatic rings. The third kappa shape index (κ3) is 2.66. The summed E-state index contributed by atoms with van der Waals surface area (Å²) in [4.78, 5) is 21.0. The molecule has 0 radical (unpaired) electrons. The minimum absolute atomic E-state index is 0.192. The Morgan fingerprint density at radius 2 is 2.13 bits per heavy atom. The average Bonchev–Trinajstić information content (AvgIpc) is 2.08. The van der Waals surface area contributed by atoms with Crippen LogP contribution >= 0.6 is 11.6 Å². The number of halogens is 1. The summed E-state index contributed by atoms with van der Waals surface area (Å²) in [7, 11) is 0. The fourth-order valence-corrected chi connectivity index (χ4v) is 1.48. The Morgan fingerprint density at radius 1 is 1.53 bits per heavy atom. The quantitative estimate of drug-likeness (QED) is 0.624. The summed E-state index contributed by atoms with van der Waals surface area (Å²) in [6.07, 6.45) is 0. The van der Waals surface area contributed by atoms with Crippen LogP contribution in [-0.2, 0) is 4.79 Å². The van der Waals surface area contributed by atoms with Gasteiger partial charge in [-0.2, -0.15) is 0 Å². The van der Waals surface area contributed by atoms with E-state index in [4.69, 9.17) is 11.6 Å². The normalized spacial score (nSPS) is 9.80. The van der Waals surface area contributed by atoms with Crippen LogP contribution in [0.2, 0.25) is 5.02 Å². The molecule has 0 aliphatic heterocycles. The number of carbonyl (C=O) groups excluding carboxylic acids is 1. The van der Waals surface area contributed by atoms with E-state index in [1.165, 1.54) is 13.0 Å². The third-order valence-electron chi connectivity index (χ3n) is 1.78. The number of aryl methyl sites for hydroxylation is 1. The number of nitro groups is 1. The van der Waals surface area contributed by atoms with Crippen LogP contribution in [0, 0.1) is 17.0 Å². The van der Waals surface area contributed by atoms with E-state index in [9.17, 15) is 14.9 Å². The molecular formula is C9H9ClN2O3. The predicted molar refractivity (Wildman–Crippen MR) is 57.1 cm³/mol. The maximum atomic E-state index is 10.9. The van der Waals surface area contributed by atoms with Crippen molar-refractivity contribution in [1.29, 1.82) is 0 Å². The Hall–Kier alpha value is -1.62. The third-order valence-corrected chi connectivity index (χ3v) is 2.00. The van der Waals surface area contributed by atoms with Crippen molar-refractivity contribution in [3.05, 3.63) is 32.8 Å². The molecule has 0 saturated heterocycles. The van der Waals surface area contributed by atoms with Crippen molar-refractivity contribution in [2.24, 2.45) is 0 Å². The van der Waals surface area contributed by atoms with Crippen molar-refractivity contribution in [2.75, 3.05) is 5.32 Å². The molecule has 0 spiro atoms. The second-order valence-corrected chi connectivity index (χ2v) is 3.49. The van der Waals surface area contributed by atoms with Crippen molar-refractivity contribution in [1.82, 2.24) is 0 Å². The minimum atomic E-state index is -0.579. The highest BCUT2D eigenvalue weighted by Gasteiger charge is 2.18. The second kappa shape index (κ2) is 4.27. The fourth-order valence-electron chi connectivity index (χ4n) is 1.21. The number of hydrogen-bond acceptors (Lipinski definition) is 3. The number of nitrogens with zero attached hydrogens (tertiary/aromatic N) is 1. The molecule has 0 saturated carbocycles. The highest BCUT2D eigenvalue weighted by Crippen LogP contribution is 2.31. The van der Waals surface area contributed by atoms with E-state index < -0.39 is 4.92 Å². The van der Waals surface area contributed by atoms with E-state index in [-0.39, 0.29) is 22.3 Å². The Balaban J connectivity index is 3.33. The van der Waals surface area contributed by atoms with Crippen LogP contribution in [0.5, 0.6) is 0 Å². The lowest BCUT2D eigenvalue weighted by atomic mass is 10.1. The number of benzene rings is 1. The van der Waals surface area contributed by atoms with Crippen molar-refractivity contribution in [3.63, 3.8) is 0 Å². The molecule has 1 amide bonds. The van der Waals surface area contributed by atoms with Crippen LogP contribution in [0.15, 0.2) is 12.1 Å². The highest BCUT2D eigenvalue weighted by molar-refractivity contribution is 6.31. The van der Waals surface area contributed by atoms with Gasteiger partial charge in [-0.3, -0.25) is 14.9 Å². The van der Waals surface area contributed by atoms with Gasteiger partial charge in [-0.25, -0.2) is 0 Å². The van der Waals surface area contributed by atoms with Crippen LogP contribution in [0.3, 0.4) is 0 Å². The number of nitrogens with one attached hydrogen (secondary N) is 1. The zero-order chi connectivity index (χ0) is 11.6. The Morgan fingerprint density at radius 3 is 2.60 bits per heavy atom. The van der Waals surface area contributed by atoms with E-state index >= 15 is 0 Å². The molecule has 0 fully saturated rings. The van der Waals surface area contributed by atoms with Gasteiger partial charge < -0.3 is 5.32 Å². The van der Waals surface area contributed by atoms with E-state index in [0.717, 1.165) is 0 Å². The summed E-state index contributed by atoms with van der Waals surface area (Å²) in [5.41, 5.74) is 0.552. The number of anilines is 1. The topological polar surface area (TPSA) is 72.2 Å². The van der Waals surface area contributed by atoms with Crippen LogP contribution in [0.4, 0.5) is 11.4 Å². The lowest BCUT2D eigenvalue weighted by Crippen LogP contribution is -2.09. The Bertz CT molecular complexity index is 432. The molecule has 1 rings (SSSR count).